The van der Waals surface area contributed by atoms with E-state index in [4.69, 9.17) is 0 Å². The molecule has 2 bridgehead atoms. The topological polar surface area (TPSA) is 66.1 Å². The number of nitrogens with one attached hydrogen (secondary N) is 1. The highest BCUT2D eigenvalue weighted by molar-refractivity contribution is 5.78. The van der Waals surface area contributed by atoms with Crippen LogP contribution in [0.15, 0.2) is 29.1 Å². The molecule has 1 amide bonds. The second kappa shape index (κ2) is 6.86. The molecular formula is C21H27N3O2. The summed E-state index contributed by atoms with van der Waals surface area (Å²) in [6.07, 6.45) is 5.82. The lowest BCUT2D eigenvalue weighted by Crippen LogP contribution is -2.38. The van der Waals surface area contributed by atoms with Gasteiger partial charge in [0, 0.05) is 12.5 Å². The van der Waals surface area contributed by atoms with Crippen LogP contribution in [0, 0.1) is 17.8 Å². The number of aromatic nitrogens is 2. The second-order valence-corrected chi connectivity index (χ2v) is 8.28. The van der Waals surface area contributed by atoms with Gasteiger partial charge in [0.05, 0.1) is 17.4 Å². The highest BCUT2D eigenvalue weighted by Gasteiger charge is 2.40. The van der Waals surface area contributed by atoms with Crippen LogP contribution >= 0.6 is 0 Å². The zero-order valence-electron chi connectivity index (χ0n) is 15.6. The van der Waals surface area contributed by atoms with Crippen molar-refractivity contribution in [3.8, 4) is 0 Å². The molecule has 0 saturated heterocycles. The normalized spacial score (nSPS) is 24.5. The fourth-order valence-corrected chi connectivity index (χ4v) is 4.90. The molecular weight excluding hydrogens is 326 g/mol. The van der Waals surface area contributed by atoms with Crippen LogP contribution < -0.4 is 5.56 Å². The van der Waals surface area contributed by atoms with E-state index in [0.29, 0.717) is 35.6 Å². The Labute approximate surface area is 153 Å². The van der Waals surface area contributed by atoms with Crippen molar-refractivity contribution in [1.29, 1.82) is 0 Å². The Hall–Kier alpha value is -2.17. The molecule has 2 aliphatic carbocycles. The third-order valence-electron chi connectivity index (χ3n) is 6.25. The second-order valence-electron chi connectivity index (χ2n) is 8.28. The van der Waals surface area contributed by atoms with E-state index < -0.39 is 0 Å². The van der Waals surface area contributed by atoms with Crippen LogP contribution in [0.4, 0.5) is 0 Å². The number of H-pyrrole nitrogens is 1. The number of aromatic amines is 1. The first-order valence-electron chi connectivity index (χ1n) is 9.78. The number of carbonyl (C=O) groups excluding carboxylic acids is 1. The third-order valence-corrected chi connectivity index (χ3v) is 6.25. The van der Waals surface area contributed by atoms with Crippen LogP contribution in [0.2, 0.25) is 0 Å². The number of hydrogen-bond donors (Lipinski definition) is 1. The SMILES string of the molecule is CC(C)N(Cc1nc2ccccc2c(=O)[nH]1)C(=O)CC1CC2CCC1C2. The quantitative estimate of drug-likeness (QED) is 0.895. The minimum atomic E-state index is -0.144. The first-order chi connectivity index (χ1) is 12.5. The molecule has 1 heterocycles. The van der Waals surface area contributed by atoms with Gasteiger partial charge in [-0.25, -0.2) is 4.98 Å². The summed E-state index contributed by atoms with van der Waals surface area (Å²) in [4.78, 5) is 34.5. The van der Waals surface area contributed by atoms with Gasteiger partial charge in [-0.2, -0.15) is 0 Å². The van der Waals surface area contributed by atoms with Gasteiger partial charge in [0.25, 0.3) is 5.56 Å². The molecule has 1 aromatic carbocycles. The first kappa shape index (κ1) is 17.3. The van der Waals surface area contributed by atoms with Gasteiger partial charge in [0.1, 0.15) is 5.82 Å². The summed E-state index contributed by atoms with van der Waals surface area (Å²) in [5.41, 5.74) is 0.533. The van der Waals surface area contributed by atoms with Crippen molar-refractivity contribution in [1.82, 2.24) is 14.9 Å². The number of nitrogens with zero attached hydrogens (tertiary/aromatic N) is 2. The molecule has 0 aliphatic heterocycles. The molecule has 5 heteroatoms. The predicted octanol–water partition coefficient (Wildman–Crippen LogP) is 3.49. The lowest BCUT2D eigenvalue weighted by atomic mass is 9.86. The van der Waals surface area contributed by atoms with Crippen molar-refractivity contribution in [3.05, 3.63) is 40.4 Å². The first-order valence-corrected chi connectivity index (χ1v) is 9.78. The molecule has 2 aromatic rings. The van der Waals surface area contributed by atoms with E-state index >= 15 is 0 Å². The van der Waals surface area contributed by atoms with Crippen LogP contribution in [-0.2, 0) is 11.3 Å². The van der Waals surface area contributed by atoms with Crippen molar-refractivity contribution in [2.75, 3.05) is 0 Å². The fourth-order valence-electron chi connectivity index (χ4n) is 4.90. The Kier molecular flexibility index (Phi) is 4.55. The standard InChI is InChI=1S/C21H27N3O2/c1-13(2)24(20(25)11-16-10-14-7-8-15(16)9-14)12-19-22-18-6-4-3-5-17(18)21(26)23-19/h3-6,13-16H,7-12H2,1-2H3,(H,22,23,26). The molecule has 2 saturated carbocycles. The summed E-state index contributed by atoms with van der Waals surface area (Å²) in [6.45, 7) is 4.41. The van der Waals surface area contributed by atoms with Crippen LogP contribution in [0.3, 0.4) is 0 Å². The van der Waals surface area contributed by atoms with Crippen molar-refractivity contribution in [3.63, 3.8) is 0 Å². The van der Waals surface area contributed by atoms with E-state index in [1.54, 1.807) is 6.07 Å². The summed E-state index contributed by atoms with van der Waals surface area (Å²) in [6, 6.07) is 7.39. The highest BCUT2D eigenvalue weighted by Crippen LogP contribution is 2.49. The third kappa shape index (κ3) is 3.27. The van der Waals surface area contributed by atoms with Crippen molar-refractivity contribution in [2.24, 2.45) is 17.8 Å². The Balaban J connectivity index is 1.51. The Morgan fingerprint density at radius 2 is 2.08 bits per heavy atom. The van der Waals surface area contributed by atoms with Crippen LogP contribution in [0.5, 0.6) is 0 Å². The summed E-state index contributed by atoms with van der Waals surface area (Å²) >= 11 is 0. The maximum absolute atomic E-state index is 13.0. The van der Waals surface area contributed by atoms with Gasteiger partial charge >= 0.3 is 0 Å². The Morgan fingerprint density at radius 1 is 1.27 bits per heavy atom. The molecule has 0 spiro atoms. The molecule has 0 radical (unpaired) electrons. The lowest BCUT2D eigenvalue weighted by Gasteiger charge is -2.29. The van der Waals surface area contributed by atoms with Gasteiger partial charge in [0.15, 0.2) is 0 Å². The highest BCUT2D eigenvalue weighted by atomic mass is 16.2. The molecule has 138 valence electrons. The van der Waals surface area contributed by atoms with Crippen molar-refractivity contribution in [2.45, 2.75) is 58.5 Å². The maximum Gasteiger partial charge on any atom is 0.258 e. The van der Waals surface area contributed by atoms with E-state index in [-0.39, 0.29) is 17.5 Å². The van der Waals surface area contributed by atoms with Crippen LogP contribution in [0.1, 0.15) is 51.8 Å². The van der Waals surface area contributed by atoms with E-state index in [1.807, 2.05) is 36.9 Å². The van der Waals surface area contributed by atoms with Crippen molar-refractivity contribution >= 4 is 16.8 Å². The molecule has 5 nitrogen and oxygen atoms in total. The number of amides is 1. The van der Waals surface area contributed by atoms with Crippen LogP contribution in [-0.4, -0.2) is 26.8 Å². The molecule has 3 atom stereocenters. The molecule has 4 rings (SSSR count). The smallest absolute Gasteiger partial charge is 0.258 e. The summed E-state index contributed by atoms with van der Waals surface area (Å²) in [5.74, 6) is 2.89. The van der Waals surface area contributed by atoms with Crippen LogP contribution in [0.25, 0.3) is 10.9 Å². The number of carbonyl (C=O) groups is 1. The van der Waals surface area contributed by atoms with Gasteiger partial charge in [-0.3, -0.25) is 9.59 Å². The number of benzene rings is 1. The maximum atomic E-state index is 13.0. The summed E-state index contributed by atoms with van der Waals surface area (Å²) in [7, 11) is 0. The molecule has 1 aromatic heterocycles. The van der Waals surface area contributed by atoms with Gasteiger partial charge < -0.3 is 9.88 Å². The monoisotopic (exact) mass is 353 g/mol. The molecule has 3 unspecified atom stereocenters. The Morgan fingerprint density at radius 3 is 2.77 bits per heavy atom. The lowest BCUT2D eigenvalue weighted by molar-refractivity contribution is -0.135. The molecule has 2 fully saturated rings. The van der Waals surface area contributed by atoms with E-state index in [9.17, 15) is 9.59 Å². The van der Waals surface area contributed by atoms with Gasteiger partial charge in [-0.1, -0.05) is 18.6 Å². The van der Waals surface area contributed by atoms with Gasteiger partial charge in [0.2, 0.25) is 5.91 Å². The average Bonchev–Trinajstić information content (AvgIpc) is 3.22. The molecule has 1 N–H and O–H groups in total. The number of fused-ring (bicyclic) bond motifs is 3. The van der Waals surface area contributed by atoms with E-state index in [2.05, 4.69) is 9.97 Å². The predicted molar refractivity (Wildman–Crippen MR) is 102 cm³/mol. The van der Waals surface area contributed by atoms with Gasteiger partial charge in [-0.05, 0) is 63.0 Å². The number of hydrogen-bond acceptors (Lipinski definition) is 3. The largest absolute Gasteiger partial charge is 0.333 e. The zero-order chi connectivity index (χ0) is 18.3. The fraction of sp³-hybridized carbons (Fsp3) is 0.571. The van der Waals surface area contributed by atoms with E-state index in [1.165, 1.54) is 25.7 Å². The average molecular weight is 353 g/mol. The summed E-state index contributed by atoms with van der Waals surface area (Å²) in [5, 5.41) is 0.584. The zero-order valence-corrected chi connectivity index (χ0v) is 15.6. The molecule has 26 heavy (non-hydrogen) atoms. The Bertz CT molecular complexity index is 873. The van der Waals surface area contributed by atoms with Crippen molar-refractivity contribution < 1.29 is 4.79 Å². The number of rotatable bonds is 5. The summed E-state index contributed by atoms with van der Waals surface area (Å²) < 4.78 is 0. The van der Waals surface area contributed by atoms with E-state index in [0.717, 1.165) is 11.8 Å². The minimum absolute atomic E-state index is 0.0814. The minimum Gasteiger partial charge on any atom is -0.333 e. The number of para-hydroxylation sites is 1. The molecule has 2 aliphatic rings. The van der Waals surface area contributed by atoms with Gasteiger partial charge in [-0.15, -0.1) is 0 Å².